The van der Waals surface area contributed by atoms with E-state index < -0.39 is 11.8 Å². The number of rotatable bonds is 8. The van der Waals surface area contributed by atoms with Crippen LogP contribution in [0.5, 0.6) is 0 Å². The number of fused-ring (bicyclic) bond motifs is 1. The maximum atomic E-state index is 13.4. The molecule has 5 rings (SSSR count). The Labute approximate surface area is 236 Å². The van der Waals surface area contributed by atoms with Gasteiger partial charge in [-0.3, -0.25) is 9.59 Å². The Morgan fingerprint density at radius 3 is 2.38 bits per heavy atom. The van der Waals surface area contributed by atoms with Crippen molar-refractivity contribution >= 4 is 11.8 Å². The monoisotopic (exact) mass is 555 g/mol. The highest BCUT2D eigenvalue weighted by atomic mass is 19.3. The summed E-state index contributed by atoms with van der Waals surface area (Å²) in [6.07, 6.45) is 2.80. The van der Waals surface area contributed by atoms with E-state index in [-0.39, 0.29) is 42.7 Å². The summed E-state index contributed by atoms with van der Waals surface area (Å²) in [6, 6.07) is 10.2. The number of alkyl halides is 2. The molecule has 1 saturated heterocycles. The normalized spacial score (nSPS) is 21.5. The van der Waals surface area contributed by atoms with E-state index in [0.717, 1.165) is 62.4 Å². The Hall–Kier alpha value is -2.81. The van der Waals surface area contributed by atoms with E-state index in [9.17, 15) is 18.4 Å². The molecular weight excluding hydrogens is 512 g/mol. The summed E-state index contributed by atoms with van der Waals surface area (Å²) in [5.41, 5.74) is 3.33. The lowest BCUT2D eigenvalue weighted by molar-refractivity contribution is -0.151. The van der Waals surface area contributed by atoms with Gasteiger partial charge in [0.1, 0.15) is 5.82 Å². The van der Waals surface area contributed by atoms with Gasteiger partial charge < -0.3 is 19.7 Å². The second-order valence-corrected chi connectivity index (χ2v) is 12.4. The predicted octanol–water partition coefficient (Wildman–Crippen LogP) is 5.05. The zero-order valence-electron chi connectivity index (χ0n) is 24.2. The van der Waals surface area contributed by atoms with Gasteiger partial charge in [-0.15, -0.1) is 0 Å². The van der Waals surface area contributed by atoms with Crippen molar-refractivity contribution in [2.75, 3.05) is 19.6 Å². The largest absolute Gasteiger partial charge is 0.349 e. The Kier molecular flexibility index (Phi) is 8.32. The van der Waals surface area contributed by atoms with Crippen LogP contribution >= 0.6 is 0 Å². The zero-order valence-corrected chi connectivity index (χ0v) is 24.2. The number of likely N-dealkylation sites (tertiary alicyclic amines) is 1. The average molecular weight is 556 g/mol. The van der Waals surface area contributed by atoms with Crippen LogP contribution in [0.1, 0.15) is 87.7 Å². The number of aryl methyl sites for hydroxylation is 1. The molecule has 3 heterocycles. The van der Waals surface area contributed by atoms with Gasteiger partial charge in [0.2, 0.25) is 17.7 Å². The van der Waals surface area contributed by atoms with E-state index in [1.165, 1.54) is 5.69 Å². The molecule has 40 heavy (non-hydrogen) atoms. The number of halogens is 2. The first-order valence-electron chi connectivity index (χ1n) is 14.8. The standard InChI is InChI=1S/C31H43F2N5O2/c1-20(2)30(40)37-15-12-26-28(19-37)38(22(4)34-26)25-10-13-36(14-11-25)21(3)16-27(23-8-6-5-7-9-23)35-29(39)24-17-31(32,33)18-24/h5-9,20-21,24-25,27H,10-19H2,1-4H3,(H,35,39). The molecule has 2 atom stereocenters. The number of hydrogen-bond donors (Lipinski definition) is 1. The lowest BCUT2D eigenvalue weighted by Crippen LogP contribution is -2.47. The van der Waals surface area contributed by atoms with Crippen molar-refractivity contribution in [3.63, 3.8) is 0 Å². The molecule has 218 valence electrons. The van der Waals surface area contributed by atoms with E-state index in [4.69, 9.17) is 4.98 Å². The lowest BCUT2D eigenvalue weighted by Gasteiger charge is -2.40. The van der Waals surface area contributed by atoms with E-state index in [1.807, 2.05) is 49.1 Å². The smallest absolute Gasteiger partial charge is 0.249 e. The lowest BCUT2D eigenvalue weighted by atomic mass is 9.80. The fourth-order valence-corrected chi connectivity index (χ4v) is 6.73. The number of nitrogens with zero attached hydrogens (tertiary/aromatic N) is 4. The first-order chi connectivity index (χ1) is 19.0. The van der Waals surface area contributed by atoms with Gasteiger partial charge in [0, 0.05) is 62.8 Å². The Morgan fingerprint density at radius 1 is 1.07 bits per heavy atom. The first-order valence-corrected chi connectivity index (χ1v) is 14.8. The molecule has 2 unspecified atom stereocenters. The molecule has 1 aromatic heterocycles. The van der Waals surface area contributed by atoms with Crippen LogP contribution in [0.4, 0.5) is 8.78 Å². The summed E-state index contributed by atoms with van der Waals surface area (Å²) in [5, 5.41) is 3.09. The minimum atomic E-state index is -2.71. The number of carbonyl (C=O) groups is 2. The highest BCUT2D eigenvalue weighted by Gasteiger charge is 2.49. The molecule has 0 spiro atoms. The molecule has 1 aromatic carbocycles. The summed E-state index contributed by atoms with van der Waals surface area (Å²) in [6.45, 7) is 11.4. The SMILES string of the molecule is Cc1nc2c(n1C1CCN(C(C)CC(NC(=O)C3CC(F)(F)C3)c3ccccc3)CC1)CN(C(=O)C(C)C)CC2. The van der Waals surface area contributed by atoms with Gasteiger partial charge in [0.25, 0.3) is 0 Å². The number of nitrogens with one attached hydrogen (secondary N) is 1. The Bertz CT molecular complexity index is 1200. The summed E-state index contributed by atoms with van der Waals surface area (Å²) >= 11 is 0. The second kappa shape index (κ2) is 11.6. The third kappa shape index (κ3) is 6.09. The molecule has 1 saturated carbocycles. The summed E-state index contributed by atoms with van der Waals surface area (Å²) in [5.74, 6) is -2.37. The zero-order chi connectivity index (χ0) is 28.6. The van der Waals surface area contributed by atoms with Crippen molar-refractivity contribution in [3.05, 3.63) is 53.1 Å². The molecule has 0 radical (unpaired) electrons. The van der Waals surface area contributed by atoms with Crippen molar-refractivity contribution in [1.82, 2.24) is 24.7 Å². The fraction of sp³-hybridized carbons (Fsp3) is 0.645. The van der Waals surface area contributed by atoms with Crippen molar-refractivity contribution in [1.29, 1.82) is 0 Å². The van der Waals surface area contributed by atoms with Gasteiger partial charge in [0.15, 0.2) is 0 Å². The number of benzene rings is 1. The van der Waals surface area contributed by atoms with Crippen LogP contribution in [-0.4, -0.2) is 62.8 Å². The minimum absolute atomic E-state index is 0.0112. The molecule has 2 aromatic rings. The van der Waals surface area contributed by atoms with E-state index in [2.05, 4.69) is 28.6 Å². The van der Waals surface area contributed by atoms with Crippen LogP contribution in [-0.2, 0) is 22.6 Å². The molecular formula is C31H43F2N5O2. The van der Waals surface area contributed by atoms with Gasteiger partial charge in [-0.25, -0.2) is 13.8 Å². The average Bonchev–Trinajstić information content (AvgIpc) is 3.26. The Morgan fingerprint density at radius 2 is 1.75 bits per heavy atom. The van der Waals surface area contributed by atoms with Gasteiger partial charge in [-0.05, 0) is 38.7 Å². The maximum absolute atomic E-state index is 13.4. The van der Waals surface area contributed by atoms with Gasteiger partial charge in [-0.2, -0.15) is 0 Å². The number of hydrogen-bond acceptors (Lipinski definition) is 4. The van der Waals surface area contributed by atoms with Crippen LogP contribution in [0.3, 0.4) is 0 Å². The predicted molar refractivity (Wildman–Crippen MR) is 150 cm³/mol. The number of carbonyl (C=O) groups excluding carboxylic acids is 2. The van der Waals surface area contributed by atoms with E-state index >= 15 is 0 Å². The van der Waals surface area contributed by atoms with Crippen molar-refractivity contribution < 1.29 is 18.4 Å². The molecule has 1 aliphatic carbocycles. The summed E-state index contributed by atoms with van der Waals surface area (Å²) < 4.78 is 29.2. The first kappa shape index (κ1) is 28.7. The molecule has 1 N–H and O–H groups in total. The number of imidazole rings is 1. The third-order valence-electron chi connectivity index (χ3n) is 9.08. The molecule has 2 aliphatic heterocycles. The third-order valence-corrected chi connectivity index (χ3v) is 9.08. The molecule has 2 fully saturated rings. The highest BCUT2D eigenvalue weighted by molar-refractivity contribution is 5.80. The van der Waals surface area contributed by atoms with Crippen molar-refractivity contribution in [2.24, 2.45) is 11.8 Å². The van der Waals surface area contributed by atoms with Crippen LogP contribution < -0.4 is 5.32 Å². The van der Waals surface area contributed by atoms with E-state index in [0.29, 0.717) is 12.6 Å². The van der Waals surface area contributed by atoms with Gasteiger partial charge in [0.05, 0.1) is 24.0 Å². The van der Waals surface area contributed by atoms with Crippen LogP contribution in [0.15, 0.2) is 30.3 Å². The fourth-order valence-electron chi connectivity index (χ4n) is 6.73. The van der Waals surface area contributed by atoms with Crippen LogP contribution in [0.2, 0.25) is 0 Å². The van der Waals surface area contributed by atoms with Crippen molar-refractivity contribution in [2.45, 2.75) is 96.8 Å². The molecule has 9 heteroatoms. The molecule has 7 nitrogen and oxygen atoms in total. The molecule has 0 bridgehead atoms. The summed E-state index contributed by atoms with van der Waals surface area (Å²) in [7, 11) is 0. The van der Waals surface area contributed by atoms with Crippen molar-refractivity contribution in [3.8, 4) is 0 Å². The number of amides is 2. The molecule has 2 amide bonds. The van der Waals surface area contributed by atoms with Crippen LogP contribution in [0, 0.1) is 18.8 Å². The summed E-state index contributed by atoms with van der Waals surface area (Å²) in [4.78, 5) is 34.8. The Balaban J connectivity index is 1.22. The minimum Gasteiger partial charge on any atom is -0.349 e. The van der Waals surface area contributed by atoms with E-state index in [1.54, 1.807) is 0 Å². The van der Waals surface area contributed by atoms with Crippen LogP contribution in [0.25, 0.3) is 0 Å². The quantitative estimate of drug-likeness (QED) is 0.495. The number of aromatic nitrogens is 2. The number of piperidine rings is 1. The topological polar surface area (TPSA) is 70.5 Å². The molecule has 3 aliphatic rings. The maximum Gasteiger partial charge on any atom is 0.249 e. The van der Waals surface area contributed by atoms with Gasteiger partial charge in [-0.1, -0.05) is 44.2 Å². The second-order valence-electron chi connectivity index (χ2n) is 12.4. The highest BCUT2D eigenvalue weighted by Crippen LogP contribution is 2.43. The van der Waals surface area contributed by atoms with Gasteiger partial charge >= 0.3 is 0 Å².